The molecule has 6 nitrogen and oxygen atoms in total. The van der Waals surface area contributed by atoms with Gasteiger partial charge in [0.05, 0.1) is 12.4 Å². The molecule has 1 fully saturated rings. The van der Waals surface area contributed by atoms with E-state index in [0.717, 1.165) is 18.7 Å². The highest BCUT2D eigenvalue weighted by Crippen LogP contribution is 2.36. The topological polar surface area (TPSA) is 72.8 Å². The standard InChI is InChI=1S/C13H18N4O2/c1-4-9-7(2)5-10(19-9)17-8(3)16-11-12(17)14-6-15-13(11)18/h6-7,9-10H,4-5H2,1-3H3,(H,14,15,18)/t7-,9?,10?/m1/s1. The van der Waals surface area contributed by atoms with Crippen LogP contribution in [0.25, 0.3) is 11.2 Å². The first-order valence-corrected chi connectivity index (χ1v) is 6.69. The molecule has 19 heavy (non-hydrogen) atoms. The van der Waals surface area contributed by atoms with E-state index in [1.807, 2.05) is 11.5 Å². The van der Waals surface area contributed by atoms with Gasteiger partial charge in [0.15, 0.2) is 11.2 Å². The number of aromatic amines is 1. The maximum absolute atomic E-state index is 11.7. The van der Waals surface area contributed by atoms with E-state index < -0.39 is 0 Å². The smallest absolute Gasteiger partial charge is 0.278 e. The second-order valence-electron chi connectivity index (χ2n) is 5.18. The van der Waals surface area contributed by atoms with Crippen LogP contribution in [0.5, 0.6) is 0 Å². The number of aryl methyl sites for hydroxylation is 1. The van der Waals surface area contributed by atoms with Gasteiger partial charge in [0.1, 0.15) is 12.1 Å². The monoisotopic (exact) mass is 262 g/mol. The number of fused-ring (bicyclic) bond motifs is 1. The summed E-state index contributed by atoms with van der Waals surface area (Å²) < 4.78 is 8.01. The lowest BCUT2D eigenvalue weighted by atomic mass is 10.0. The van der Waals surface area contributed by atoms with Crippen LogP contribution in [0.4, 0.5) is 0 Å². The van der Waals surface area contributed by atoms with Crippen molar-refractivity contribution >= 4 is 11.2 Å². The average Bonchev–Trinajstić information content (AvgIpc) is 2.90. The SMILES string of the molecule is CCC1OC(n2c(C)nc3c(=O)[nH]cnc32)C[C@H]1C. The van der Waals surface area contributed by atoms with E-state index >= 15 is 0 Å². The molecule has 1 aliphatic heterocycles. The predicted molar refractivity (Wildman–Crippen MR) is 70.9 cm³/mol. The van der Waals surface area contributed by atoms with Gasteiger partial charge in [0.2, 0.25) is 0 Å². The molecule has 0 spiro atoms. The van der Waals surface area contributed by atoms with Crippen LogP contribution in [0.1, 0.15) is 38.7 Å². The number of aromatic nitrogens is 4. The molecule has 3 rings (SSSR count). The molecule has 2 aromatic rings. The number of nitrogens with one attached hydrogen (secondary N) is 1. The average molecular weight is 262 g/mol. The van der Waals surface area contributed by atoms with Gasteiger partial charge in [-0.25, -0.2) is 9.97 Å². The molecule has 0 aliphatic carbocycles. The van der Waals surface area contributed by atoms with Gasteiger partial charge in [-0.05, 0) is 25.7 Å². The van der Waals surface area contributed by atoms with Gasteiger partial charge in [-0.15, -0.1) is 0 Å². The Morgan fingerprint density at radius 2 is 2.37 bits per heavy atom. The Hall–Kier alpha value is -1.69. The number of hydrogen-bond acceptors (Lipinski definition) is 4. The number of nitrogens with zero attached hydrogens (tertiary/aromatic N) is 3. The van der Waals surface area contributed by atoms with Crippen molar-refractivity contribution in [1.29, 1.82) is 0 Å². The summed E-state index contributed by atoms with van der Waals surface area (Å²) in [6, 6.07) is 0. The zero-order valence-electron chi connectivity index (χ0n) is 11.4. The molecule has 0 bridgehead atoms. The zero-order chi connectivity index (χ0) is 13.6. The van der Waals surface area contributed by atoms with Crippen molar-refractivity contribution < 1.29 is 4.74 Å². The summed E-state index contributed by atoms with van der Waals surface area (Å²) in [6.07, 6.45) is 3.54. The van der Waals surface area contributed by atoms with Gasteiger partial charge in [-0.1, -0.05) is 13.8 Å². The number of imidazole rings is 1. The molecule has 102 valence electrons. The second kappa shape index (κ2) is 4.45. The predicted octanol–water partition coefficient (Wildman–Crippen LogP) is 1.76. The van der Waals surface area contributed by atoms with Crippen molar-refractivity contribution in [2.75, 3.05) is 0 Å². The minimum Gasteiger partial charge on any atom is -0.354 e. The Morgan fingerprint density at radius 3 is 3.05 bits per heavy atom. The quantitative estimate of drug-likeness (QED) is 0.895. The van der Waals surface area contributed by atoms with Crippen LogP contribution in [0.3, 0.4) is 0 Å². The summed E-state index contributed by atoms with van der Waals surface area (Å²) in [6.45, 7) is 6.21. The number of ether oxygens (including phenoxy) is 1. The molecule has 3 heterocycles. The second-order valence-corrected chi connectivity index (χ2v) is 5.18. The van der Waals surface area contributed by atoms with Gasteiger partial charge in [0, 0.05) is 0 Å². The third kappa shape index (κ3) is 1.87. The minimum atomic E-state index is -0.204. The van der Waals surface area contributed by atoms with E-state index in [2.05, 4.69) is 28.8 Å². The molecule has 1 saturated heterocycles. The molecule has 2 unspecified atom stereocenters. The lowest BCUT2D eigenvalue weighted by Gasteiger charge is -2.15. The van der Waals surface area contributed by atoms with E-state index in [1.54, 1.807) is 0 Å². The third-order valence-corrected chi connectivity index (χ3v) is 3.89. The van der Waals surface area contributed by atoms with E-state index in [0.29, 0.717) is 17.1 Å². The summed E-state index contributed by atoms with van der Waals surface area (Å²) in [4.78, 5) is 22.8. The summed E-state index contributed by atoms with van der Waals surface area (Å²) in [7, 11) is 0. The Balaban J connectivity index is 2.09. The van der Waals surface area contributed by atoms with Crippen molar-refractivity contribution in [2.45, 2.75) is 45.9 Å². The molecule has 2 aromatic heterocycles. The van der Waals surface area contributed by atoms with Crippen LogP contribution in [0, 0.1) is 12.8 Å². The highest BCUT2D eigenvalue weighted by molar-refractivity contribution is 5.69. The normalized spacial score (nSPS) is 27.2. The summed E-state index contributed by atoms with van der Waals surface area (Å²) >= 11 is 0. The molecule has 6 heteroatoms. The Kier molecular flexibility index (Phi) is 2.89. The van der Waals surface area contributed by atoms with E-state index in [4.69, 9.17) is 4.74 Å². The molecule has 0 radical (unpaired) electrons. The van der Waals surface area contributed by atoms with Crippen LogP contribution in [0.2, 0.25) is 0 Å². The first kappa shape index (κ1) is 12.3. The first-order valence-electron chi connectivity index (χ1n) is 6.69. The number of hydrogen-bond donors (Lipinski definition) is 1. The summed E-state index contributed by atoms with van der Waals surface area (Å²) in [5.74, 6) is 1.28. The fraction of sp³-hybridized carbons (Fsp3) is 0.615. The van der Waals surface area contributed by atoms with Gasteiger partial charge in [-0.3, -0.25) is 9.36 Å². The van der Waals surface area contributed by atoms with Gasteiger partial charge in [0.25, 0.3) is 5.56 Å². The summed E-state index contributed by atoms with van der Waals surface area (Å²) in [5.41, 5.74) is 0.788. The summed E-state index contributed by atoms with van der Waals surface area (Å²) in [5, 5.41) is 0. The van der Waals surface area contributed by atoms with Crippen molar-refractivity contribution in [2.24, 2.45) is 5.92 Å². The van der Waals surface area contributed by atoms with Crippen molar-refractivity contribution in [3.05, 3.63) is 22.5 Å². The maximum Gasteiger partial charge on any atom is 0.278 e. The Morgan fingerprint density at radius 1 is 1.58 bits per heavy atom. The first-order chi connectivity index (χ1) is 9.11. The van der Waals surface area contributed by atoms with Gasteiger partial charge >= 0.3 is 0 Å². The highest BCUT2D eigenvalue weighted by atomic mass is 16.5. The molecule has 1 N–H and O–H groups in total. The zero-order valence-corrected chi connectivity index (χ0v) is 11.4. The van der Waals surface area contributed by atoms with Gasteiger partial charge < -0.3 is 9.72 Å². The molecular weight excluding hydrogens is 244 g/mol. The van der Waals surface area contributed by atoms with Crippen LogP contribution in [-0.4, -0.2) is 25.6 Å². The van der Waals surface area contributed by atoms with Crippen LogP contribution >= 0.6 is 0 Å². The molecule has 0 amide bonds. The number of H-pyrrole nitrogens is 1. The molecule has 0 aromatic carbocycles. The van der Waals surface area contributed by atoms with Gasteiger partial charge in [-0.2, -0.15) is 0 Å². The lowest BCUT2D eigenvalue weighted by Crippen LogP contribution is -2.14. The Labute approximate surface area is 110 Å². The van der Waals surface area contributed by atoms with Crippen LogP contribution in [0.15, 0.2) is 11.1 Å². The lowest BCUT2D eigenvalue weighted by molar-refractivity contribution is -0.00402. The largest absolute Gasteiger partial charge is 0.354 e. The maximum atomic E-state index is 11.7. The molecule has 3 atom stereocenters. The van der Waals surface area contributed by atoms with E-state index in [1.165, 1.54) is 6.33 Å². The molecule has 1 aliphatic rings. The minimum absolute atomic E-state index is 0.0701. The molecule has 0 saturated carbocycles. The van der Waals surface area contributed by atoms with E-state index in [-0.39, 0.29) is 17.9 Å². The number of rotatable bonds is 2. The van der Waals surface area contributed by atoms with Crippen molar-refractivity contribution in [3.8, 4) is 0 Å². The molecular formula is C13H18N4O2. The fourth-order valence-electron chi connectivity index (χ4n) is 2.90. The fourth-order valence-corrected chi connectivity index (χ4v) is 2.90. The van der Waals surface area contributed by atoms with E-state index in [9.17, 15) is 4.79 Å². The van der Waals surface area contributed by atoms with Crippen LogP contribution in [-0.2, 0) is 4.74 Å². The van der Waals surface area contributed by atoms with Crippen molar-refractivity contribution in [1.82, 2.24) is 19.5 Å². The Bertz CT molecular complexity index is 660. The van der Waals surface area contributed by atoms with Crippen LogP contribution < -0.4 is 5.56 Å². The van der Waals surface area contributed by atoms with Crippen molar-refractivity contribution in [3.63, 3.8) is 0 Å². The highest BCUT2D eigenvalue weighted by Gasteiger charge is 2.33. The third-order valence-electron chi connectivity index (χ3n) is 3.89.